The standard InChI is InChI=1S/C14H20O2S/c1-5-14(15,6-2)10-8-7-9-11-12(10)16-13(3,4)17-11/h7-9,15H,5-6H2,1-4H3. The van der Waals surface area contributed by atoms with Crippen molar-refractivity contribution < 1.29 is 9.84 Å². The Morgan fingerprint density at radius 1 is 1.29 bits per heavy atom. The van der Waals surface area contributed by atoms with Gasteiger partial charge in [-0.2, -0.15) is 0 Å². The maximum absolute atomic E-state index is 10.6. The van der Waals surface area contributed by atoms with Crippen molar-refractivity contribution in [3.05, 3.63) is 23.8 Å². The minimum Gasteiger partial charge on any atom is -0.475 e. The summed E-state index contributed by atoms with van der Waals surface area (Å²) < 4.78 is 5.98. The Kier molecular flexibility index (Phi) is 3.17. The molecule has 0 aromatic heterocycles. The number of hydrogen-bond acceptors (Lipinski definition) is 3. The van der Waals surface area contributed by atoms with E-state index >= 15 is 0 Å². The number of aliphatic hydroxyl groups is 1. The van der Waals surface area contributed by atoms with E-state index in [4.69, 9.17) is 4.74 Å². The lowest BCUT2D eigenvalue weighted by Gasteiger charge is -2.28. The Hall–Kier alpha value is -0.670. The van der Waals surface area contributed by atoms with Crippen molar-refractivity contribution in [1.29, 1.82) is 0 Å². The smallest absolute Gasteiger partial charge is 0.153 e. The average molecular weight is 252 g/mol. The molecule has 0 bridgehead atoms. The van der Waals surface area contributed by atoms with Crippen LogP contribution in [-0.2, 0) is 5.60 Å². The highest BCUT2D eigenvalue weighted by Gasteiger charge is 2.37. The number of ether oxygens (including phenoxy) is 1. The highest BCUT2D eigenvalue weighted by molar-refractivity contribution is 8.00. The van der Waals surface area contributed by atoms with Gasteiger partial charge >= 0.3 is 0 Å². The summed E-state index contributed by atoms with van der Waals surface area (Å²) in [5.74, 6) is 0.869. The second-order valence-electron chi connectivity index (χ2n) is 4.98. The Morgan fingerprint density at radius 2 is 1.94 bits per heavy atom. The van der Waals surface area contributed by atoms with E-state index in [1.165, 1.54) is 0 Å². The number of fused-ring (bicyclic) bond motifs is 1. The van der Waals surface area contributed by atoms with E-state index in [1.54, 1.807) is 11.8 Å². The molecule has 1 aliphatic rings. The summed E-state index contributed by atoms with van der Waals surface area (Å²) in [4.78, 5) is 0.897. The molecule has 0 saturated carbocycles. The van der Waals surface area contributed by atoms with Crippen LogP contribution in [-0.4, -0.2) is 10.0 Å². The highest BCUT2D eigenvalue weighted by atomic mass is 32.2. The van der Waals surface area contributed by atoms with E-state index in [-0.39, 0.29) is 4.93 Å². The number of thioether (sulfide) groups is 1. The molecule has 1 aromatic carbocycles. The summed E-state index contributed by atoms with van der Waals surface area (Å²) in [6.45, 7) is 8.13. The van der Waals surface area contributed by atoms with Gasteiger partial charge < -0.3 is 9.84 Å². The molecule has 0 amide bonds. The van der Waals surface area contributed by atoms with Crippen LogP contribution < -0.4 is 4.74 Å². The van der Waals surface area contributed by atoms with Gasteiger partial charge in [0.1, 0.15) is 5.75 Å². The molecular formula is C14H20O2S. The highest BCUT2D eigenvalue weighted by Crippen LogP contribution is 2.51. The molecule has 1 aromatic rings. The summed E-state index contributed by atoms with van der Waals surface area (Å²) in [5, 5.41) is 10.6. The van der Waals surface area contributed by atoms with Crippen LogP contribution >= 0.6 is 11.8 Å². The van der Waals surface area contributed by atoms with Crippen molar-refractivity contribution >= 4 is 11.8 Å². The number of hydrogen-bond donors (Lipinski definition) is 1. The van der Waals surface area contributed by atoms with Gasteiger partial charge in [-0.1, -0.05) is 37.7 Å². The van der Waals surface area contributed by atoms with Crippen LogP contribution in [0.2, 0.25) is 0 Å². The van der Waals surface area contributed by atoms with Crippen LogP contribution in [0, 0.1) is 0 Å². The molecule has 0 unspecified atom stereocenters. The zero-order valence-corrected chi connectivity index (χ0v) is 11.7. The average Bonchev–Trinajstić information content (AvgIpc) is 2.61. The lowest BCUT2D eigenvalue weighted by atomic mass is 9.88. The van der Waals surface area contributed by atoms with Crippen molar-refractivity contribution in [2.24, 2.45) is 0 Å². The maximum Gasteiger partial charge on any atom is 0.153 e. The number of rotatable bonds is 3. The lowest BCUT2D eigenvalue weighted by molar-refractivity contribution is 0.0240. The first kappa shape index (κ1) is 12.8. The van der Waals surface area contributed by atoms with E-state index in [0.717, 1.165) is 16.2 Å². The lowest BCUT2D eigenvalue weighted by Crippen LogP contribution is -2.25. The van der Waals surface area contributed by atoms with E-state index in [0.29, 0.717) is 12.8 Å². The summed E-state index contributed by atoms with van der Waals surface area (Å²) in [7, 11) is 0. The van der Waals surface area contributed by atoms with Gasteiger partial charge in [-0.05, 0) is 32.8 Å². The predicted molar refractivity (Wildman–Crippen MR) is 71.5 cm³/mol. The zero-order valence-electron chi connectivity index (χ0n) is 10.9. The SMILES string of the molecule is CCC(O)(CC)c1cccc2c1OC(C)(C)S2. The Balaban J connectivity index is 2.49. The van der Waals surface area contributed by atoms with Crippen molar-refractivity contribution in [2.75, 3.05) is 0 Å². The first-order valence-electron chi connectivity index (χ1n) is 6.16. The summed E-state index contributed by atoms with van der Waals surface area (Å²) in [5.41, 5.74) is 0.157. The largest absolute Gasteiger partial charge is 0.475 e. The fourth-order valence-electron chi connectivity index (χ4n) is 2.23. The maximum atomic E-state index is 10.6. The van der Waals surface area contributed by atoms with Gasteiger partial charge in [0.05, 0.1) is 10.5 Å². The third kappa shape index (κ3) is 2.18. The third-order valence-corrected chi connectivity index (χ3v) is 4.47. The Labute approximate surface area is 107 Å². The van der Waals surface area contributed by atoms with Crippen LogP contribution in [0.1, 0.15) is 46.1 Å². The molecule has 2 nitrogen and oxygen atoms in total. The molecule has 0 radical (unpaired) electrons. The number of para-hydroxylation sites is 1. The summed E-state index contributed by atoms with van der Waals surface area (Å²) >= 11 is 1.71. The molecule has 0 spiro atoms. The second-order valence-corrected chi connectivity index (χ2v) is 6.60. The molecule has 0 fully saturated rings. The molecule has 1 heterocycles. The molecule has 0 aliphatic carbocycles. The third-order valence-electron chi connectivity index (χ3n) is 3.35. The first-order valence-corrected chi connectivity index (χ1v) is 6.97. The fraction of sp³-hybridized carbons (Fsp3) is 0.571. The van der Waals surface area contributed by atoms with Crippen molar-refractivity contribution in [3.8, 4) is 5.75 Å². The van der Waals surface area contributed by atoms with Gasteiger partial charge in [-0.25, -0.2) is 0 Å². The molecule has 1 N–H and O–H groups in total. The van der Waals surface area contributed by atoms with Crippen molar-refractivity contribution in [2.45, 2.75) is 56.0 Å². The van der Waals surface area contributed by atoms with Crippen molar-refractivity contribution in [3.63, 3.8) is 0 Å². The van der Waals surface area contributed by atoms with E-state index in [9.17, 15) is 5.11 Å². The molecule has 94 valence electrons. The molecule has 0 atom stereocenters. The van der Waals surface area contributed by atoms with Crippen LogP contribution in [0.5, 0.6) is 5.75 Å². The Morgan fingerprint density at radius 3 is 2.53 bits per heavy atom. The van der Waals surface area contributed by atoms with Crippen LogP contribution in [0.4, 0.5) is 0 Å². The topological polar surface area (TPSA) is 29.5 Å². The molecule has 2 rings (SSSR count). The van der Waals surface area contributed by atoms with E-state index in [1.807, 2.05) is 26.0 Å². The second kappa shape index (κ2) is 4.21. The summed E-state index contributed by atoms with van der Waals surface area (Å²) in [6, 6.07) is 6.04. The summed E-state index contributed by atoms with van der Waals surface area (Å²) in [6.07, 6.45) is 1.41. The minimum atomic E-state index is -0.772. The zero-order chi connectivity index (χ0) is 12.7. The molecule has 1 aliphatic heterocycles. The Bertz CT molecular complexity index is 422. The van der Waals surface area contributed by atoms with Gasteiger partial charge in [-0.3, -0.25) is 0 Å². The normalized spacial score (nSPS) is 17.7. The monoisotopic (exact) mass is 252 g/mol. The predicted octanol–water partition coefficient (Wildman–Crippen LogP) is 3.91. The molecular weight excluding hydrogens is 232 g/mol. The quantitative estimate of drug-likeness (QED) is 0.884. The van der Waals surface area contributed by atoms with Gasteiger partial charge in [0.15, 0.2) is 4.93 Å². The van der Waals surface area contributed by atoms with Gasteiger partial charge in [0, 0.05) is 5.56 Å². The van der Waals surface area contributed by atoms with Gasteiger partial charge in [0.25, 0.3) is 0 Å². The first-order chi connectivity index (χ1) is 7.92. The van der Waals surface area contributed by atoms with Gasteiger partial charge in [0.2, 0.25) is 0 Å². The van der Waals surface area contributed by atoms with E-state index in [2.05, 4.69) is 19.9 Å². The fourth-order valence-corrected chi connectivity index (χ4v) is 3.28. The number of benzene rings is 1. The van der Waals surface area contributed by atoms with Crippen LogP contribution in [0.25, 0.3) is 0 Å². The molecule has 17 heavy (non-hydrogen) atoms. The van der Waals surface area contributed by atoms with E-state index < -0.39 is 5.60 Å². The van der Waals surface area contributed by atoms with Gasteiger partial charge in [-0.15, -0.1) is 0 Å². The van der Waals surface area contributed by atoms with Crippen LogP contribution in [0.3, 0.4) is 0 Å². The molecule has 3 heteroatoms. The van der Waals surface area contributed by atoms with Crippen LogP contribution in [0.15, 0.2) is 23.1 Å². The molecule has 0 saturated heterocycles. The minimum absolute atomic E-state index is 0.235. The van der Waals surface area contributed by atoms with Crippen molar-refractivity contribution in [1.82, 2.24) is 0 Å².